The first-order valence-electron chi connectivity index (χ1n) is 7.09. The Labute approximate surface area is 115 Å². The summed E-state index contributed by atoms with van der Waals surface area (Å²) in [5, 5.41) is 0. The van der Waals surface area contributed by atoms with Crippen LogP contribution in [0.25, 0.3) is 6.08 Å². The van der Waals surface area contributed by atoms with Gasteiger partial charge in [-0.2, -0.15) is 0 Å². The molecule has 0 aliphatic rings. The maximum Gasteiger partial charge on any atom is 0.0924 e. The lowest BCUT2D eigenvalue weighted by Crippen LogP contribution is -1.98. The van der Waals surface area contributed by atoms with Gasteiger partial charge in [0.15, 0.2) is 0 Å². The van der Waals surface area contributed by atoms with Crippen molar-refractivity contribution < 1.29 is 0 Å². The third-order valence-electron chi connectivity index (χ3n) is 3.50. The predicted octanol–water partition coefficient (Wildman–Crippen LogP) is 4.18. The Morgan fingerprint density at radius 3 is 2.68 bits per heavy atom. The lowest BCUT2D eigenvalue weighted by atomic mass is 9.94. The molecule has 0 aliphatic heterocycles. The van der Waals surface area contributed by atoms with Crippen LogP contribution in [0.4, 0.5) is 0 Å². The van der Waals surface area contributed by atoms with Crippen molar-refractivity contribution >= 4 is 6.08 Å². The van der Waals surface area contributed by atoms with E-state index in [4.69, 9.17) is 0 Å². The number of aromatic nitrogens is 2. The highest BCUT2D eigenvalue weighted by molar-refractivity contribution is 5.43. The van der Waals surface area contributed by atoms with Crippen LogP contribution in [-0.2, 0) is 19.3 Å². The number of nitrogens with one attached hydrogen (secondary N) is 1. The zero-order valence-corrected chi connectivity index (χ0v) is 11.8. The second-order valence-electron chi connectivity index (χ2n) is 4.71. The highest BCUT2D eigenvalue weighted by Gasteiger charge is 2.04. The summed E-state index contributed by atoms with van der Waals surface area (Å²) in [5.74, 6) is 0. The summed E-state index contributed by atoms with van der Waals surface area (Å²) in [5.41, 5.74) is 5.60. The number of hydrogen-bond acceptors (Lipinski definition) is 1. The van der Waals surface area contributed by atoms with Crippen molar-refractivity contribution in [3.05, 3.63) is 59.2 Å². The van der Waals surface area contributed by atoms with E-state index >= 15 is 0 Å². The molecule has 0 atom stereocenters. The molecular weight excluding hydrogens is 232 g/mol. The third-order valence-corrected chi connectivity index (χ3v) is 3.50. The van der Waals surface area contributed by atoms with Gasteiger partial charge in [0.25, 0.3) is 0 Å². The molecule has 2 aromatic rings. The summed E-state index contributed by atoms with van der Waals surface area (Å²) in [6.45, 7) is 4.48. The minimum absolute atomic E-state index is 1.07. The van der Waals surface area contributed by atoms with Crippen molar-refractivity contribution in [3.8, 4) is 0 Å². The Morgan fingerprint density at radius 1 is 1.16 bits per heavy atom. The standard InChI is InChI=1S/C17H22N2/c1-3-14-9-7-10-15(17(14)4-2)8-5-6-11-16-12-18-13-19-16/h6-7,9-13H,3-5,8H2,1-2H3,(H,18,19). The zero-order valence-electron chi connectivity index (χ0n) is 11.8. The van der Waals surface area contributed by atoms with Gasteiger partial charge in [0.1, 0.15) is 0 Å². The first kappa shape index (κ1) is 13.6. The number of aromatic amines is 1. The van der Waals surface area contributed by atoms with Gasteiger partial charge in [-0.1, -0.05) is 38.1 Å². The van der Waals surface area contributed by atoms with Crippen molar-refractivity contribution in [2.24, 2.45) is 0 Å². The summed E-state index contributed by atoms with van der Waals surface area (Å²) in [6.07, 6.45) is 12.3. The molecular formula is C17H22N2. The van der Waals surface area contributed by atoms with E-state index < -0.39 is 0 Å². The van der Waals surface area contributed by atoms with Crippen LogP contribution in [0, 0.1) is 0 Å². The van der Waals surface area contributed by atoms with Crippen LogP contribution in [0.15, 0.2) is 36.8 Å². The SMILES string of the molecule is CCc1cccc(CCC=Cc2cnc[nH]2)c1CC. The number of nitrogens with zero attached hydrogens (tertiary/aromatic N) is 1. The fourth-order valence-corrected chi connectivity index (χ4v) is 2.51. The first-order valence-corrected chi connectivity index (χ1v) is 7.09. The predicted molar refractivity (Wildman–Crippen MR) is 81.1 cm³/mol. The van der Waals surface area contributed by atoms with Gasteiger partial charge in [0.05, 0.1) is 18.2 Å². The highest BCUT2D eigenvalue weighted by Crippen LogP contribution is 2.18. The van der Waals surface area contributed by atoms with Gasteiger partial charge >= 0.3 is 0 Å². The number of allylic oxidation sites excluding steroid dienone is 1. The van der Waals surface area contributed by atoms with E-state index in [2.05, 4.69) is 54.2 Å². The molecule has 0 unspecified atom stereocenters. The Hall–Kier alpha value is -1.83. The molecule has 2 heteroatoms. The quantitative estimate of drug-likeness (QED) is 0.823. The number of imidazole rings is 1. The fourth-order valence-electron chi connectivity index (χ4n) is 2.51. The maximum atomic E-state index is 4.00. The van der Waals surface area contributed by atoms with E-state index in [0.29, 0.717) is 0 Å². The van der Waals surface area contributed by atoms with Gasteiger partial charge < -0.3 is 4.98 Å². The van der Waals surface area contributed by atoms with Crippen LogP contribution >= 0.6 is 0 Å². The van der Waals surface area contributed by atoms with Gasteiger partial charge in [-0.25, -0.2) is 4.98 Å². The molecule has 0 spiro atoms. The van der Waals surface area contributed by atoms with Crippen molar-refractivity contribution in [1.82, 2.24) is 9.97 Å². The van der Waals surface area contributed by atoms with Crippen LogP contribution in [0.5, 0.6) is 0 Å². The average Bonchev–Trinajstić information content (AvgIpc) is 2.96. The number of rotatable bonds is 6. The van der Waals surface area contributed by atoms with Gasteiger partial charge in [0, 0.05) is 0 Å². The molecule has 1 N–H and O–H groups in total. The second-order valence-corrected chi connectivity index (χ2v) is 4.71. The Bertz CT molecular complexity index is 524. The van der Waals surface area contributed by atoms with Crippen LogP contribution in [0.3, 0.4) is 0 Å². The van der Waals surface area contributed by atoms with Crippen molar-refractivity contribution in [2.45, 2.75) is 39.5 Å². The molecule has 0 fully saturated rings. The molecule has 0 saturated heterocycles. The van der Waals surface area contributed by atoms with Gasteiger partial charge in [-0.05, 0) is 48.4 Å². The minimum Gasteiger partial charge on any atom is -0.345 e. The van der Waals surface area contributed by atoms with Crippen molar-refractivity contribution in [1.29, 1.82) is 0 Å². The highest BCUT2D eigenvalue weighted by atomic mass is 14.8. The molecule has 0 bridgehead atoms. The smallest absolute Gasteiger partial charge is 0.0924 e. The fraction of sp³-hybridized carbons (Fsp3) is 0.353. The van der Waals surface area contributed by atoms with E-state index in [9.17, 15) is 0 Å². The Morgan fingerprint density at radius 2 is 2.00 bits per heavy atom. The van der Waals surface area contributed by atoms with Crippen LogP contribution < -0.4 is 0 Å². The topological polar surface area (TPSA) is 28.7 Å². The van der Waals surface area contributed by atoms with Crippen LogP contribution in [0.2, 0.25) is 0 Å². The Kier molecular flexibility index (Phi) is 4.96. The lowest BCUT2D eigenvalue weighted by molar-refractivity contribution is 0.937. The minimum atomic E-state index is 1.07. The number of H-pyrrole nitrogens is 1. The molecule has 1 aromatic heterocycles. The largest absolute Gasteiger partial charge is 0.345 e. The number of aryl methyl sites for hydroxylation is 2. The molecule has 2 rings (SSSR count). The van der Waals surface area contributed by atoms with Crippen molar-refractivity contribution in [3.63, 3.8) is 0 Å². The van der Waals surface area contributed by atoms with Crippen LogP contribution in [0.1, 0.15) is 42.7 Å². The van der Waals surface area contributed by atoms with E-state index in [1.165, 1.54) is 11.1 Å². The molecule has 1 aromatic carbocycles. The summed E-state index contributed by atoms with van der Waals surface area (Å²) in [4.78, 5) is 7.08. The van der Waals surface area contributed by atoms with E-state index in [0.717, 1.165) is 31.4 Å². The first-order chi connectivity index (χ1) is 9.35. The molecule has 2 nitrogen and oxygen atoms in total. The molecule has 0 saturated carbocycles. The molecule has 0 aliphatic carbocycles. The average molecular weight is 254 g/mol. The zero-order chi connectivity index (χ0) is 13.5. The summed E-state index contributed by atoms with van der Waals surface area (Å²) >= 11 is 0. The molecule has 19 heavy (non-hydrogen) atoms. The third kappa shape index (κ3) is 3.57. The second kappa shape index (κ2) is 6.93. The van der Waals surface area contributed by atoms with E-state index in [1.807, 2.05) is 6.20 Å². The Balaban J connectivity index is 1.99. The van der Waals surface area contributed by atoms with Gasteiger partial charge in [-0.3, -0.25) is 0 Å². The molecule has 1 heterocycles. The van der Waals surface area contributed by atoms with Crippen molar-refractivity contribution in [2.75, 3.05) is 0 Å². The summed E-state index contributed by atoms with van der Waals surface area (Å²) in [7, 11) is 0. The number of hydrogen-bond donors (Lipinski definition) is 1. The molecule has 0 amide bonds. The van der Waals surface area contributed by atoms with E-state index in [-0.39, 0.29) is 0 Å². The van der Waals surface area contributed by atoms with Crippen LogP contribution in [-0.4, -0.2) is 9.97 Å². The normalized spacial score (nSPS) is 11.3. The summed E-state index contributed by atoms with van der Waals surface area (Å²) in [6, 6.07) is 6.71. The number of benzene rings is 1. The van der Waals surface area contributed by atoms with Gasteiger partial charge in [0.2, 0.25) is 0 Å². The maximum absolute atomic E-state index is 4.00. The van der Waals surface area contributed by atoms with Gasteiger partial charge in [-0.15, -0.1) is 0 Å². The molecule has 0 radical (unpaired) electrons. The molecule has 100 valence electrons. The monoisotopic (exact) mass is 254 g/mol. The summed E-state index contributed by atoms with van der Waals surface area (Å²) < 4.78 is 0. The lowest BCUT2D eigenvalue weighted by Gasteiger charge is -2.11. The van der Waals surface area contributed by atoms with E-state index in [1.54, 1.807) is 11.9 Å².